The highest BCUT2D eigenvalue weighted by Gasteiger charge is 2.27. The third kappa shape index (κ3) is 9.34. The number of ether oxygens (including phenoxy) is 2. The van der Waals surface area contributed by atoms with Crippen molar-refractivity contribution in [2.75, 3.05) is 19.8 Å². The van der Waals surface area contributed by atoms with E-state index >= 15 is 0 Å². The molecule has 2 rings (SSSR count). The topological polar surface area (TPSA) is 131 Å². The minimum Gasteiger partial charge on any atom is -0.481 e. The van der Waals surface area contributed by atoms with Crippen molar-refractivity contribution in [1.29, 1.82) is 0 Å². The largest absolute Gasteiger partial charge is 0.481 e. The smallest absolute Gasteiger partial charge is 0.303 e. The van der Waals surface area contributed by atoms with Crippen molar-refractivity contribution < 1.29 is 32.6 Å². The molecule has 1 aromatic rings. The number of aliphatic carboxylic acids is 1. The summed E-state index contributed by atoms with van der Waals surface area (Å²) in [5.74, 6) is -1.35. The molecule has 1 heterocycles. The first-order valence-electron chi connectivity index (χ1n) is 10.6. The van der Waals surface area contributed by atoms with Crippen molar-refractivity contribution in [2.24, 2.45) is 0 Å². The molecular weight excluding hydrogens is 424 g/mol. The van der Waals surface area contributed by atoms with Crippen LogP contribution in [0.25, 0.3) is 0 Å². The van der Waals surface area contributed by atoms with E-state index in [0.29, 0.717) is 38.8 Å². The monoisotopic (exact) mass is 456 g/mol. The average Bonchev–Trinajstić information content (AvgIpc) is 2.74. The Hall–Kier alpha value is -2.01. The van der Waals surface area contributed by atoms with Gasteiger partial charge in [-0.15, -0.1) is 0 Å². The van der Waals surface area contributed by atoms with Gasteiger partial charge < -0.3 is 19.9 Å². The minimum atomic E-state index is -3.92. The van der Waals surface area contributed by atoms with Crippen LogP contribution in [-0.2, 0) is 29.1 Å². The zero-order valence-electron chi connectivity index (χ0n) is 17.8. The van der Waals surface area contributed by atoms with E-state index in [9.17, 15) is 18.0 Å². The number of hydrogen-bond donors (Lipinski definition) is 3. The second-order valence-electron chi connectivity index (χ2n) is 7.61. The standard InChI is InChI=1S/C21H32N2O7S/c1-16-9-11-17(12-10-16)31(27,28)23-18(15-30-20-8-4-6-14-29-20)21(26)22-13-5-2-3-7-19(24)25/h9-12,18,20,23H,2-8,13-15H2,1H3,(H,22,26)(H,24,25). The number of benzene rings is 1. The van der Waals surface area contributed by atoms with Crippen molar-refractivity contribution in [1.82, 2.24) is 10.0 Å². The van der Waals surface area contributed by atoms with Gasteiger partial charge in [0.2, 0.25) is 15.9 Å². The number of carboxylic acid groups (broad SMARTS) is 1. The zero-order valence-corrected chi connectivity index (χ0v) is 18.7. The summed E-state index contributed by atoms with van der Waals surface area (Å²) in [5.41, 5.74) is 0.925. The fourth-order valence-electron chi connectivity index (χ4n) is 3.09. The van der Waals surface area contributed by atoms with E-state index in [1.165, 1.54) is 12.1 Å². The van der Waals surface area contributed by atoms with Crippen LogP contribution in [0.15, 0.2) is 29.2 Å². The fourth-order valence-corrected chi connectivity index (χ4v) is 4.28. The number of carboxylic acids is 1. The van der Waals surface area contributed by atoms with Crippen LogP contribution in [0.3, 0.4) is 0 Å². The maximum atomic E-state index is 12.8. The Morgan fingerprint density at radius 3 is 2.58 bits per heavy atom. The summed E-state index contributed by atoms with van der Waals surface area (Å²) in [6, 6.07) is 5.23. The van der Waals surface area contributed by atoms with Crippen molar-refractivity contribution in [3.8, 4) is 0 Å². The normalized spacial score (nSPS) is 17.8. The molecule has 1 aromatic carbocycles. The van der Waals surface area contributed by atoms with Crippen LogP contribution < -0.4 is 10.0 Å². The Morgan fingerprint density at radius 1 is 1.19 bits per heavy atom. The molecule has 1 aliphatic rings. The van der Waals surface area contributed by atoms with E-state index < -0.39 is 34.2 Å². The first-order valence-corrected chi connectivity index (χ1v) is 12.1. The first-order chi connectivity index (χ1) is 14.8. The average molecular weight is 457 g/mol. The number of sulfonamides is 1. The van der Waals surface area contributed by atoms with Gasteiger partial charge >= 0.3 is 5.97 Å². The van der Waals surface area contributed by atoms with Gasteiger partial charge in [-0.05, 0) is 51.2 Å². The van der Waals surface area contributed by atoms with Gasteiger partial charge in [-0.25, -0.2) is 8.42 Å². The molecule has 0 bridgehead atoms. The Kier molecular flexibility index (Phi) is 10.4. The number of rotatable bonds is 13. The molecule has 9 nitrogen and oxygen atoms in total. The number of aryl methyl sites for hydroxylation is 1. The molecule has 1 amide bonds. The van der Waals surface area contributed by atoms with Crippen LogP contribution in [0.2, 0.25) is 0 Å². The number of carbonyl (C=O) groups is 2. The van der Waals surface area contributed by atoms with Crippen LogP contribution in [-0.4, -0.2) is 57.5 Å². The Bertz CT molecular complexity index is 806. The number of unbranched alkanes of at least 4 members (excludes halogenated alkanes) is 2. The van der Waals surface area contributed by atoms with Crippen LogP contribution in [0.4, 0.5) is 0 Å². The third-order valence-electron chi connectivity index (χ3n) is 4.90. The molecule has 3 N–H and O–H groups in total. The van der Waals surface area contributed by atoms with Crippen LogP contribution in [0.1, 0.15) is 50.5 Å². The van der Waals surface area contributed by atoms with Crippen molar-refractivity contribution in [2.45, 2.75) is 69.1 Å². The molecule has 2 unspecified atom stereocenters. The summed E-state index contributed by atoms with van der Waals surface area (Å²) in [4.78, 5) is 23.3. The quantitative estimate of drug-likeness (QED) is 0.387. The Morgan fingerprint density at radius 2 is 1.94 bits per heavy atom. The van der Waals surface area contributed by atoms with Gasteiger partial charge in [0, 0.05) is 19.6 Å². The summed E-state index contributed by atoms with van der Waals surface area (Å²) in [6.07, 6.45) is 4.01. The fraction of sp³-hybridized carbons (Fsp3) is 0.619. The van der Waals surface area contributed by atoms with Gasteiger partial charge in [0.05, 0.1) is 11.5 Å². The van der Waals surface area contributed by atoms with E-state index in [2.05, 4.69) is 10.0 Å². The van der Waals surface area contributed by atoms with E-state index in [0.717, 1.165) is 18.4 Å². The predicted octanol–water partition coefficient (Wildman–Crippen LogP) is 1.95. The van der Waals surface area contributed by atoms with Crippen LogP contribution in [0, 0.1) is 6.92 Å². The molecule has 10 heteroatoms. The predicted molar refractivity (Wildman–Crippen MR) is 114 cm³/mol. The van der Waals surface area contributed by atoms with Crippen molar-refractivity contribution >= 4 is 21.9 Å². The maximum Gasteiger partial charge on any atom is 0.303 e. The van der Waals surface area contributed by atoms with Crippen LogP contribution in [0.5, 0.6) is 0 Å². The summed E-state index contributed by atoms with van der Waals surface area (Å²) in [5, 5.41) is 11.4. The van der Waals surface area contributed by atoms with E-state index in [1.807, 2.05) is 6.92 Å². The summed E-state index contributed by atoms with van der Waals surface area (Å²) < 4.78 is 39.1. The lowest BCUT2D eigenvalue weighted by Crippen LogP contribution is -2.50. The van der Waals surface area contributed by atoms with E-state index in [4.69, 9.17) is 14.6 Å². The molecule has 0 radical (unpaired) electrons. The molecule has 1 fully saturated rings. The van der Waals surface area contributed by atoms with Crippen molar-refractivity contribution in [3.05, 3.63) is 29.8 Å². The number of nitrogens with one attached hydrogen (secondary N) is 2. The molecule has 1 saturated heterocycles. The lowest BCUT2D eigenvalue weighted by molar-refractivity contribution is -0.167. The number of carbonyl (C=O) groups excluding carboxylic acids is 1. The van der Waals surface area contributed by atoms with Gasteiger partial charge in [0.25, 0.3) is 0 Å². The summed E-state index contributed by atoms with van der Waals surface area (Å²) >= 11 is 0. The molecule has 0 aliphatic carbocycles. The highest BCUT2D eigenvalue weighted by atomic mass is 32.2. The summed E-state index contributed by atoms with van der Waals surface area (Å²) in [7, 11) is -3.92. The van der Waals surface area contributed by atoms with E-state index in [1.54, 1.807) is 12.1 Å². The molecule has 0 aromatic heterocycles. The Labute approximate surface area is 183 Å². The van der Waals surface area contributed by atoms with Gasteiger partial charge in [-0.1, -0.05) is 24.1 Å². The zero-order chi connectivity index (χ0) is 22.7. The minimum absolute atomic E-state index is 0.0680. The molecule has 31 heavy (non-hydrogen) atoms. The lowest BCUT2D eigenvalue weighted by atomic mass is 10.2. The second-order valence-corrected chi connectivity index (χ2v) is 9.33. The molecular formula is C21H32N2O7S. The van der Waals surface area contributed by atoms with Crippen LogP contribution >= 0.6 is 0 Å². The van der Waals surface area contributed by atoms with Gasteiger partial charge in [-0.2, -0.15) is 4.72 Å². The highest BCUT2D eigenvalue weighted by molar-refractivity contribution is 7.89. The van der Waals surface area contributed by atoms with Gasteiger partial charge in [0.1, 0.15) is 6.04 Å². The summed E-state index contributed by atoms with van der Waals surface area (Å²) in [6.45, 7) is 2.60. The van der Waals surface area contributed by atoms with Gasteiger partial charge in [0.15, 0.2) is 6.29 Å². The molecule has 1 aliphatic heterocycles. The maximum absolute atomic E-state index is 12.8. The molecule has 0 spiro atoms. The Balaban J connectivity index is 1.95. The molecule has 2 atom stereocenters. The SMILES string of the molecule is Cc1ccc(S(=O)(=O)NC(COC2CCCCO2)C(=O)NCCCCCC(=O)O)cc1. The number of hydrogen-bond acceptors (Lipinski definition) is 6. The van der Waals surface area contributed by atoms with Gasteiger partial charge in [-0.3, -0.25) is 9.59 Å². The third-order valence-corrected chi connectivity index (χ3v) is 6.39. The molecule has 0 saturated carbocycles. The first kappa shape index (κ1) is 25.3. The highest BCUT2D eigenvalue weighted by Crippen LogP contribution is 2.15. The molecule has 174 valence electrons. The second kappa shape index (κ2) is 12.7. The van der Waals surface area contributed by atoms with Crippen molar-refractivity contribution in [3.63, 3.8) is 0 Å². The van der Waals surface area contributed by atoms with E-state index in [-0.39, 0.29) is 17.9 Å². The lowest BCUT2D eigenvalue weighted by Gasteiger charge is -2.25. The number of amides is 1.